The molecule has 0 aliphatic rings. The molecule has 28 heavy (non-hydrogen) atoms. The molecule has 0 bridgehead atoms. The van der Waals surface area contributed by atoms with Crippen molar-refractivity contribution in [3.8, 4) is 11.5 Å². The van der Waals surface area contributed by atoms with Gasteiger partial charge < -0.3 is 19.5 Å². The lowest BCUT2D eigenvalue weighted by molar-refractivity contribution is 0.102. The molecule has 2 aromatic rings. The van der Waals surface area contributed by atoms with Crippen molar-refractivity contribution in [3.63, 3.8) is 0 Å². The van der Waals surface area contributed by atoms with Crippen LogP contribution < -0.4 is 14.8 Å². The topological polar surface area (TPSA) is 56.8 Å². The number of hydrogen-bond donors (Lipinski definition) is 1. The zero-order valence-corrected chi connectivity index (χ0v) is 16.9. The molecule has 0 aliphatic carbocycles. The third-order valence-corrected chi connectivity index (χ3v) is 4.18. The van der Waals surface area contributed by atoms with Gasteiger partial charge >= 0.3 is 0 Å². The molecule has 0 spiro atoms. The van der Waals surface area contributed by atoms with Crippen LogP contribution in [-0.4, -0.2) is 32.3 Å². The quantitative estimate of drug-likeness (QED) is 0.475. The van der Waals surface area contributed by atoms with Crippen LogP contribution in [0.4, 0.5) is 5.69 Å². The minimum Gasteiger partial charge on any atom is -0.494 e. The first-order chi connectivity index (χ1) is 13.7. The third-order valence-electron chi connectivity index (χ3n) is 4.18. The summed E-state index contributed by atoms with van der Waals surface area (Å²) in [6.07, 6.45) is 4.69. The summed E-state index contributed by atoms with van der Waals surface area (Å²) in [5, 5.41) is 2.89. The maximum atomic E-state index is 12.5. The monoisotopic (exact) mass is 385 g/mol. The molecule has 0 unspecified atom stereocenters. The van der Waals surface area contributed by atoms with Gasteiger partial charge in [0.2, 0.25) is 0 Å². The van der Waals surface area contributed by atoms with Crippen LogP contribution in [0.3, 0.4) is 0 Å². The van der Waals surface area contributed by atoms with Crippen molar-refractivity contribution >= 4 is 11.6 Å². The highest BCUT2D eigenvalue weighted by atomic mass is 16.5. The first-order valence-electron chi connectivity index (χ1n) is 10.1. The second kappa shape index (κ2) is 12.8. The van der Waals surface area contributed by atoms with Gasteiger partial charge in [-0.25, -0.2) is 0 Å². The summed E-state index contributed by atoms with van der Waals surface area (Å²) < 4.78 is 16.6. The molecule has 152 valence electrons. The molecule has 0 radical (unpaired) electrons. The van der Waals surface area contributed by atoms with E-state index in [1.54, 1.807) is 18.2 Å². The van der Waals surface area contributed by atoms with Gasteiger partial charge in [0.05, 0.1) is 13.2 Å². The van der Waals surface area contributed by atoms with Crippen molar-refractivity contribution < 1.29 is 19.0 Å². The van der Waals surface area contributed by atoms with Gasteiger partial charge in [0.1, 0.15) is 18.1 Å². The molecule has 0 saturated carbocycles. The lowest BCUT2D eigenvalue weighted by atomic mass is 10.2. The Morgan fingerprint density at radius 2 is 1.64 bits per heavy atom. The van der Waals surface area contributed by atoms with Crippen LogP contribution in [0.25, 0.3) is 0 Å². The highest BCUT2D eigenvalue weighted by Gasteiger charge is 2.07. The number of anilines is 1. The van der Waals surface area contributed by atoms with Gasteiger partial charge in [-0.15, -0.1) is 0 Å². The number of unbranched alkanes of at least 4 members (excludes halogenated alkanes) is 3. The van der Waals surface area contributed by atoms with Crippen molar-refractivity contribution in [1.29, 1.82) is 0 Å². The summed E-state index contributed by atoms with van der Waals surface area (Å²) in [5.41, 5.74) is 1.27. The fourth-order valence-corrected chi connectivity index (χ4v) is 2.65. The van der Waals surface area contributed by atoms with E-state index in [0.717, 1.165) is 12.2 Å². The average Bonchev–Trinajstić information content (AvgIpc) is 2.72. The van der Waals surface area contributed by atoms with Gasteiger partial charge in [0.25, 0.3) is 5.91 Å². The smallest absolute Gasteiger partial charge is 0.255 e. The summed E-state index contributed by atoms with van der Waals surface area (Å²) in [7, 11) is 0. The molecular formula is C23H31NO4. The number of rotatable bonds is 13. The van der Waals surface area contributed by atoms with Crippen LogP contribution >= 0.6 is 0 Å². The SMILES string of the molecule is CCCCCCOc1ccc(C(=O)Nc2cccc(OCCOCC)c2)cc1. The van der Waals surface area contributed by atoms with E-state index in [4.69, 9.17) is 14.2 Å². The normalized spacial score (nSPS) is 10.5. The van der Waals surface area contributed by atoms with E-state index in [1.807, 2.05) is 37.3 Å². The minimum atomic E-state index is -0.166. The number of hydrogen-bond acceptors (Lipinski definition) is 4. The van der Waals surface area contributed by atoms with Gasteiger partial charge in [-0.3, -0.25) is 4.79 Å². The van der Waals surface area contributed by atoms with E-state index >= 15 is 0 Å². The molecule has 5 heteroatoms. The van der Waals surface area contributed by atoms with E-state index in [2.05, 4.69) is 12.2 Å². The van der Waals surface area contributed by atoms with Gasteiger partial charge in [-0.1, -0.05) is 32.3 Å². The molecule has 2 rings (SSSR count). The van der Waals surface area contributed by atoms with Gasteiger partial charge in [-0.05, 0) is 49.7 Å². The van der Waals surface area contributed by atoms with Crippen molar-refractivity contribution in [2.24, 2.45) is 0 Å². The zero-order chi connectivity index (χ0) is 20.0. The minimum absolute atomic E-state index is 0.166. The van der Waals surface area contributed by atoms with E-state index in [-0.39, 0.29) is 5.91 Å². The van der Waals surface area contributed by atoms with E-state index in [0.29, 0.717) is 43.4 Å². The van der Waals surface area contributed by atoms with Crippen LogP contribution in [0.2, 0.25) is 0 Å². The number of carbonyl (C=O) groups is 1. The van der Waals surface area contributed by atoms with Crippen molar-refractivity contribution in [3.05, 3.63) is 54.1 Å². The van der Waals surface area contributed by atoms with E-state index in [1.165, 1.54) is 19.3 Å². The van der Waals surface area contributed by atoms with Gasteiger partial charge in [0, 0.05) is 23.9 Å². The van der Waals surface area contributed by atoms with Gasteiger partial charge in [-0.2, -0.15) is 0 Å². The summed E-state index contributed by atoms with van der Waals surface area (Å²) in [6.45, 7) is 6.54. The summed E-state index contributed by atoms with van der Waals surface area (Å²) in [6, 6.07) is 14.6. The van der Waals surface area contributed by atoms with Crippen LogP contribution in [-0.2, 0) is 4.74 Å². The molecule has 0 aromatic heterocycles. The summed E-state index contributed by atoms with van der Waals surface area (Å²) >= 11 is 0. The number of nitrogens with one attached hydrogen (secondary N) is 1. The molecule has 1 N–H and O–H groups in total. The zero-order valence-electron chi connectivity index (χ0n) is 16.9. The Morgan fingerprint density at radius 3 is 2.39 bits per heavy atom. The fourth-order valence-electron chi connectivity index (χ4n) is 2.65. The predicted octanol–water partition coefficient (Wildman–Crippen LogP) is 5.31. The molecular weight excluding hydrogens is 354 g/mol. The van der Waals surface area contributed by atoms with Crippen LogP contribution in [0.1, 0.15) is 49.9 Å². The summed E-state index contributed by atoms with van der Waals surface area (Å²) in [5.74, 6) is 1.32. The second-order valence-electron chi connectivity index (χ2n) is 6.46. The number of ether oxygens (including phenoxy) is 3. The Kier molecular flexibility index (Phi) is 9.94. The largest absolute Gasteiger partial charge is 0.494 e. The Hall–Kier alpha value is -2.53. The molecule has 5 nitrogen and oxygen atoms in total. The Labute approximate surface area is 168 Å². The number of benzene rings is 2. The molecule has 1 amide bonds. The van der Waals surface area contributed by atoms with Crippen LogP contribution in [0.15, 0.2) is 48.5 Å². The maximum absolute atomic E-state index is 12.5. The molecule has 2 aromatic carbocycles. The highest BCUT2D eigenvalue weighted by Crippen LogP contribution is 2.19. The van der Waals surface area contributed by atoms with Crippen molar-refractivity contribution in [1.82, 2.24) is 0 Å². The lowest BCUT2D eigenvalue weighted by Gasteiger charge is -2.10. The first kappa shape index (κ1) is 21.8. The van der Waals surface area contributed by atoms with Crippen molar-refractivity contribution in [2.75, 3.05) is 31.7 Å². The van der Waals surface area contributed by atoms with E-state index < -0.39 is 0 Å². The second-order valence-corrected chi connectivity index (χ2v) is 6.46. The van der Waals surface area contributed by atoms with Crippen molar-refractivity contribution in [2.45, 2.75) is 39.5 Å². The Balaban J connectivity index is 1.82. The average molecular weight is 386 g/mol. The molecule has 0 atom stereocenters. The van der Waals surface area contributed by atoms with E-state index in [9.17, 15) is 4.79 Å². The van der Waals surface area contributed by atoms with Gasteiger partial charge in [0.15, 0.2) is 0 Å². The lowest BCUT2D eigenvalue weighted by Crippen LogP contribution is -2.12. The van der Waals surface area contributed by atoms with Crippen LogP contribution in [0, 0.1) is 0 Å². The molecule has 0 heterocycles. The Morgan fingerprint density at radius 1 is 0.857 bits per heavy atom. The summed E-state index contributed by atoms with van der Waals surface area (Å²) in [4.78, 5) is 12.5. The van der Waals surface area contributed by atoms with Crippen LogP contribution in [0.5, 0.6) is 11.5 Å². The predicted molar refractivity (Wildman–Crippen MR) is 112 cm³/mol. The number of carbonyl (C=O) groups excluding carboxylic acids is 1. The molecule has 0 saturated heterocycles. The maximum Gasteiger partial charge on any atom is 0.255 e. The molecule has 0 aliphatic heterocycles. The fraction of sp³-hybridized carbons (Fsp3) is 0.435. The molecule has 0 fully saturated rings. The third kappa shape index (κ3) is 8.01. The Bertz CT molecular complexity index is 700. The standard InChI is InChI=1S/C23H31NO4/c1-3-5-6-7-15-27-21-13-11-19(12-14-21)23(25)24-20-9-8-10-22(18-20)28-17-16-26-4-2/h8-14,18H,3-7,15-17H2,1-2H3,(H,24,25). The number of amides is 1. The first-order valence-corrected chi connectivity index (χ1v) is 10.1. The highest BCUT2D eigenvalue weighted by molar-refractivity contribution is 6.04.